The Morgan fingerprint density at radius 2 is 2.05 bits per heavy atom. The molecule has 2 aliphatic rings. The van der Waals surface area contributed by atoms with E-state index in [4.69, 9.17) is 4.74 Å². The van der Waals surface area contributed by atoms with E-state index in [-0.39, 0.29) is 5.60 Å². The van der Waals surface area contributed by atoms with Crippen LogP contribution in [0.4, 0.5) is 5.69 Å². The lowest BCUT2D eigenvalue weighted by atomic mass is 9.83. The van der Waals surface area contributed by atoms with Gasteiger partial charge in [0.15, 0.2) is 0 Å². The highest BCUT2D eigenvalue weighted by Gasteiger charge is 2.40. The zero-order chi connectivity index (χ0) is 14.7. The van der Waals surface area contributed by atoms with Crippen LogP contribution in [0.15, 0.2) is 22.7 Å². The van der Waals surface area contributed by atoms with Crippen LogP contribution in [-0.2, 0) is 11.2 Å². The van der Waals surface area contributed by atoms with E-state index < -0.39 is 0 Å². The first-order chi connectivity index (χ1) is 10.2. The third kappa shape index (κ3) is 3.62. The van der Waals surface area contributed by atoms with E-state index in [1.54, 1.807) is 0 Å². The molecule has 2 nitrogen and oxygen atoms in total. The summed E-state index contributed by atoms with van der Waals surface area (Å²) < 4.78 is 7.59. The number of anilines is 1. The molecule has 0 bridgehead atoms. The predicted molar refractivity (Wildman–Crippen MR) is 91.9 cm³/mol. The predicted octanol–water partition coefficient (Wildman–Crippen LogP) is 5.31. The Hall–Kier alpha value is -0.540. The number of hydrogen-bond donors (Lipinski definition) is 1. The van der Waals surface area contributed by atoms with E-state index in [1.807, 2.05) is 0 Å². The van der Waals surface area contributed by atoms with Crippen molar-refractivity contribution in [3.8, 4) is 0 Å². The average molecular weight is 352 g/mol. The van der Waals surface area contributed by atoms with Crippen molar-refractivity contribution in [2.75, 3.05) is 11.9 Å². The summed E-state index contributed by atoms with van der Waals surface area (Å²) in [4.78, 5) is 0. The molecule has 0 aromatic heterocycles. The molecule has 0 amide bonds. The summed E-state index contributed by atoms with van der Waals surface area (Å²) in [6.45, 7) is 3.15. The van der Waals surface area contributed by atoms with Gasteiger partial charge in [-0.25, -0.2) is 0 Å². The molecular weight excluding hydrogens is 326 g/mol. The molecule has 1 aliphatic carbocycles. The SMILES string of the molecule is CCc1cc(Br)ccc1NCC1CCC2(CCCCC2)O1. The second kappa shape index (κ2) is 6.70. The maximum atomic E-state index is 6.44. The van der Waals surface area contributed by atoms with Crippen LogP contribution in [0.3, 0.4) is 0 Å². The summed E-state index contributed by atoms with van der Waals surface area (Å²) in [5.41, 5.74) is 2.86. The van der Waals surface area contributed by atoms with E-state index in [9.17, 15) is 0 Å². The quantitative estimate of drug-likeness (QED) is 0.793. The zero-order valence-corrected chi connectivity index (χ0v) is 14.5. The summed E-state index contributed by atoms with van der Waals surface area (Å²) in [5.74, 6) is 0. The lowest BCUT2D eigenvalue weighted by molar-refractivity contribution is -0.0588. The largest absolute Gasteiger partial charge is 0.382 e. The number of ether oxygens (including phenoxy) is 1. The Morgan fingerprint density at radius 1 is 1.24 bits per heavy atom. The Bertz CT molecular complexity index is 482. The molecule has 1 N–H and O–H groups in total. The summed E-state index contributed by atoms with van der Waals surface area (Å²) in [5, 5.41) is 3.61. The molecule has 3 rings (SSSR count). The van der Waals surface area contributed by atoms with Crippen LogP contribution in [0.5, 0.6) is 0 Å². The first kappa shape index (κ1) is 15.4. The molecule has 1 aromatic carbocycles. The lowest BCUT2D eigenvalue weighted by Crippen LogP contribution is -2.33. The van der Waals surface area contributed by atoms with E-state index in [2.05, 4.69) is 46.4 Å². The van der Waals surface area contributed by atoms with E-state index in [0.29, 0.717) is 6.10 Å². The van der Waals surface area contributed by atoms with Crippen molar-refractivity contribution in [3.63, 3.8) is 0 Å². The van der Waals surface area contributed by atoms with Gasteiger partial charge in [0.1, 0.15) is 0 Å². The number of nitrogens with one attached hydrogen (secondary N) is 1. The molecule has 1 unspecified atom stereocenters. The van der Waals surface area contributed by atoms with Gasteiger partial charge in [0.2, 0.25) is 0 Å². The van der Waals surface area contributed by atoms with Gasteiger partial charge < -0.3 is 10.1 Å². The fourth-order valence-corrected chi connectivity index (χ4v) is 4.26. The van der Waals surface area contributed by atoms with E-state index in [1.165, 1.54) is 56.2 Å². The van der Waals surface area contributed by atoms with Gasteiger partial charge in [-0.05, 0) is 55.9 Å². The maximum absolute atomic E-state index is 6.44. The van der Waals surface area contributed by atoms with Crippen LogP contribution in [0, 0.1) is 0 Å². The Kier molecular flexibility index (Phi) is 4.90. The third-order valence-electron chi connectivity index (χ3n) is 5.07. The van der Waals surface area contributed by atoms with Crippen molar-refractivity contribution in [3.05, 3.63) is 28.2 Å². The first-order valence-corrected chi connectivity index (χ1v) is 9.20. The topological polar surface area (TPSA) is 21.3 Å². The smallest absolute Gasteiger partial charge is 0.0756 e. The highest BCUT2D eigenvalue weighted by atomic mass is 79.9. The number of rotatable bonds is 4. The number of aryl methyl sites for hydroxylation is 1. The van der Waals surface area contributed by atoms with E-state index >= 15 is 0 Å². The van der Waals surface area contributed by atoms with Gasteiger partial charge in [0.05, 0.1) is 11.7 Å². The second-order valence-electron chi connectivity index (χ2n) is 6.56. The van der Waals surface area contributed by atoms with Crippen LogP contribution in [0.25, 0.3) is 0 Å². The number of benzene rings is 1. The van der Waals surface area contributed by atoms with Crippen LogP contribution in [0.1, 0.15) is 57.4 Å². The normalized spacial score (nSPS) is 24.4. The van der Waals surface area contributed by atoms with Crippen LogP contribution in [-0.4, -0.2) is 18.2 Å². The summed E-state index contributed by atoms with van der Waals surface area (Å²) >= 11 is 3.55. The molecule has 116 valence electrons. The van der Waals surface area contributed by atoms with Gasteiger partial charge in [0, 0.05) is 16.7 Å². The summed E-state index contributed by atoms with van der Waals surface area (Å²) in [6, 6.07) is 6.49. The molecule has 1 aromatic rings. The van der Waals surface area contributed by atoms with Crippen molar-refractivity contribution in [2.24, 2.45) is 0 Å². The van der Waals surface area contributed by atoms with Gasteiger partial charge in [-0.3, -0.25) is 0 Å². The van der Waals surface area contributed by atoms with Crippen LogP contribution in [0.2, 0.25) is 0 Å². The number of halogens is 1. The van der Waals surface area contributed by atoms with Crippen LogP contribution >= 0.6 is 15.9 Å². The van der Waals surface area contributed by atoms with Gasteiger partial charge in [0.25, 0.3) is 0 Å². The minimum atomic E-state index is 0.234. The van der Waals surface area contributed by atoms with Crippen LogP contribution < -0.4 is 5.32 Å². The molecule has 1 saturated heterocycles. The third-order valence-corrected chi connectivity index (χ3v) is 5.57. The first-order valence-electron chi connectivity index (χ1n) is 8.41. The van der Waals surface area contributed by atoms with Gasteiger partial charge in [-0.2, -0.15) is 0 Å². The van der Waals surface area contributed by atoms with Crippen molar-refractivity contribution >= 4 is 21.6 Å². The summed E-state index contributed by atoms with van der Waals surface area (Å²) in [6.07, 6.45) is 10.6. The lowest BCUT2D eigenvalue weighted by Gasteiger charge is -2.33. The average Bonchev–Trinajstić information content (AvgIpc) is 2.89. The van der Waals surface area contributed by atoms with Crippen molar-refractivity contribution in [1.29, 1.82) is 0 Å². The minimum absolute atomic E-state index is 0.234. The fraction of sp³-hybridized carbons (Fsp3) is 0.667. The fourth-order valence-electron chi connectivity index (χ4n) is 3.85. The molecule has 1 aliphatic heterocycles. The Balaban J connectivity index is 1.56. The molecule has 1 spiro atoms. The molecule has 2 fully saturated rings. The maximum Gasteiger partial charge on any atom is 0.0756 e. The molecule has 3 heteroatoms. The Morgan fingerprint density at radius 3 is 2.81 bits per heavy atom. The highest BCUT2D eigenvalue weighted by Crippen LogP contribution is 2.41. The van der Waals surface area contributed by atoms with Gasteiger partial charge in [-0.1, -0.05) is 42.1 Å². The highest BCUT2D eigenvalue weighted by molar-refractivity contribution is 9.10. The molecular formula is C18H26BrNO. The second-order valence-corrected chi connectivity index (χ2v) is 7.47. The van der Waals surface area contributed by atoms with E-state index in [0.717, 1.165) is 17.4 Å². The standard InChI is InChI=1S/C18H26BrNO/c1-2-14-12-15(19)6-7-17(14)20-13-16-8-11-18(21-16)9-4-3-5-10-18/h6-7,12,16,20H,2-5,8-11,13H2,1H3. The number of hydrogen-bond acceptors (Lipinski definition) is 2. The van der Waals surface area contributed by atoms with Crippen molar-refractivity contribution in [2.45, 2.75) is 70.0 Å². The molecule has 0 radical (unpaired) electrons. The van der Waals surface area contributed by atoms with Crippen molar-refractivity contribution < 1.29 is 4.74 Å². The Labute approximate surface area is 136 Å². The van der Waals surface area contributed by atoms with Gasteiger partial charge >= 0.3 is 0 Å². The monoisotopic (exact) mass is 351 g/mol. The van der Waals surface area contributed by atoms with Gasteiger partial charge in [-0.15, -0.1) is 0 Å². The molecule has 1 saturated carbocycles. The van der Waals surface area contributed by atoms with Crippen molar-refractivity contribution in [1.82, 2.24) is 0 Å². The summed E-state index contributed by atoms with van der Waals surface area (Å²) in [7, 11) is 0. The zero-order valence-electron chi connectivity index (χ0n) is 13.0. The molecule has 1 heterocycles. The molecule has 1 atom stereocenters. The minimum Gasteiger partial charge on any atom is -0.382 e. The molecule has 21 heavy (non-hydrogen) atoms.